The fourth-order valence-corrected chi connectivity index (χ4v) is 9.33. The van der Waals surface area contributed by atoms with Crippen LogP contribution in [0.3, 0.4) is 0 Å². The van der Waals surface area contributed by atoms with Gasteiger partial charge in [-0.05, 0) is 142 Å². The number of allylic oxidation sites excluding steroid dienone is 5. The predicted molar refractivity (Wildman–Crippen MR) is 259 cm³/mol. The fourth-order valence-electron chi connectivity index (χ4n) is 8.31. The lowest BCUT2D eigenvalue weighted by atomic mass is 9.64. The Labute approximate surface area is 373 Å². The Morgan fingerprint density at radius 2 is 1.28 bits per heavy atom. The number of benzene rings is 2. The molecule has 4 aliphatic carbocycles. The molecule has 6 heteroatoms. The highest BCUT2D eigenvalue weighted by Gasteiger charge is 2.41. The molecule has 6 rings (SSSR count). The van der Waals surface area contributed by atoms with E-state index in [1.54, 1.807) is 19.2 Å². The SMILES string of the molecule is C#CC#CC#CC1C=C(C)C2CCCC1/C2=C(\OC)c1cccc(C)c1.C#CC#CC#CC1C=C(C)C2CCCC1C2=O.COC(=O)c1cccc(O[Si](C)(C)C(C)(C)C)c1.[HH].[HH].[HH].[HH]. The van der Waals surface area contributed by atoms with Gasteiger partial charge >= 0.3 is 5.97 Å². The van der Waals surface area contributed by atoms with Crippen molar-refractivity contribution in [3.63, 3.8) is 0 Å². The number of aryl methyl sites for hydroxylation is 1. The lowest BCUT2D eigenvalue weighted by Crippen LogP contribution is -2.43. The first kappa shape index (κ1) is 47.7. The van der Waals surface area contributed by atoms with E-state index in [4.69, 9.17) is 26.7 Å². The number of fused-ring (bicyclic) bond motifs is 4. The first-order valence-corrected chi connectivity index (χ1v) is 24.0. The number of ketones is 1. The molecule has 0 aromatic heterocycles. The number of hydrogen-bond donors (Lipinski definition) is 0. The summed E-state index contributed by atoms with van der Waals surface area (Å²) >= 11 is 0. The van der Waals surface area contributed by atoms with Crippen LogP contribution in [-0.2, 0) is 14.3 Å². The lowest BCUT2D eigenvalue weighted by Gasteiger charge is -2.41. The second-order valence-corrected chi connectivity index (χ2v) is 22.2. The van der Waals surface area contributed by atoms with Crippen molar-refractivity contribution in [1.29, 1.82) is 0 Å². The maximum atomic E-state index is 12.1. The summed E-state index contributed by atoms with van der Waals surface area (Å²) < 4.78 is 16.8. The first-order chi connectivity index (χ1) is 29.1. The summed E-state index contributed by atoms with van der Waals surface area (Å²) in [6.07, 6.45) is 21.3. The van der Waals surface area contributed by atoms with Gasteiger partial charge in [-0.3, -0.25) is 4.79 Å². The minimum Gasteiger partial charge on any atom is -0.543 e. The van der Waals surface area contributed by atoms with E-state index in [0.29, 0.717) is 23.2 Å². The average molecular weight is 837 g/mol. The van der Waals surface area contributed by atoms with Gasteiger partial charge in [0, 0.05) is 46.8 Å². The monoisotopic (exact) mass is 836 g/mol. The van der Waals surface area contributed by atoms with Gasteiger partial charge in [-0.15, -0.1) is 12.8 Å². The zero-order chi connectivity index (χ0) is 44.7. The summed E-state index contributed by atoms with van der Waals surface area (Å²) in [5.74, 6) is 30.1. The third-order valence-electron chi connectivity index (χ3n) is 12.4. The largest absolute Gasteiger partial charge is 0.543 e. The van der Waals surface area contributed by atoms with Crippen molar-refractivity contribution in [2.75, 3.05) is 14.2 Å². The van der Waals surface area contributed by atoms with Crippen molar-refractivity contribution >= 4 is 25.8 Å². The number of esters is 1. The van der Waals surface area contributed by atoms with E-state index in [1.165, 1.54) is 42.2 Å². The number of Topliss-reactive ketones (excluding diaryl/α,β-unsaturated/α-hetero) is 1. The van der Waals surface area contributed by atoms with E-state index in [9.17, 15) is 9.59 Å². The molecule has 0 spiro atoms. The number of carbonyl (C=O) groups excluding carboxylic acids is 2. The summed E-state index contributed by atoms with van der Waals surface area (Å²) in [5.41, 5.74) is 6.90. The Bertz CT molecular complexity index is 2410. The van der Waals surface area contributed by atoms with Crippen LogP contribution in [0.5, 0.6) is 5.75 Å². The summed E-state index contributed by atoms with van der Waals surface area (Å²) in [6.45, 7) is 17.3. The molecule has 2 aromatic carbocycles. The topological polar surface area (TPSA) is 61.8 Å². The van der Waals surface area contributed by atoms with Crippen LogP contribution in [0.15, 0.2) is 77.4 Å². The van der Waals surface area contributed by atoms with Gasteiger partial charge in [0.1, 0.15) is 17.3 Å². The molecule has 6 atom stereocenters. The summed E-state index contributed by atoms with van der Waals surface area (Å²) in [5, 5.41) is 0.133. The molecule has 0 aliphatic heterocycles. The van der Waals surface area contributed by atoms with E-state index in [0.717, 1.165) is 42.8 Å². The number of carbonyl (C=O) groups is 2. The molecule has 0 saturated heterocycles. The third-order valence-corrected chi connectivity index (χ3v) is 16.8. The second kappa shape index (κ2) is 22.0. The molecule has 6 unspecified atom stereocenters. The molecule has 4 bridgehead atoms. The molecular formula is C55H68O5Si. The standard InChI is InChI=1S/C25H24O.C16H14O.C14H22O3Si.4H2/c1-5-6-7-8-12-20-17-19(3)22-14-10-15-23(20)24(22)25(26-4)21-13-9-11-18(2)16-21;1-3-4-5-6-8-13-11-12(2)14-9-7-10-15(13)16(14)17;1-14(2,3)18(5,6)17-12-9-7-8-11(10-12)13(15)16-4;;;;/h1,9,11,13,16-17,20,22-23H,10,14-15H2,2-4H3;1,11,13-15H,7,9-10H2,2H3;7-10H,1-6H3;4*1H/b25-24-;;;;;;. The quantitative estimate of drug-likeness (QED) is 0.0987. The van der Waals surface area contributed by atoms with Gasteiger partial charge in [-0.1, -0.05) is 98.6 Å². The number of terminal acetylenes is 2. The molecule has 0 radical (unpaired) electrons. The fraction of sp³-hybridized carbons (Fsp3) is 0.418. The molecule has 2 saturated carbocycles. The van der Waals surface area contributed by atoms with Gasteiger partial charge in [0.05, 0.1) is 19.8 Å². The van der Waals surface area contributed by atoms with Gasteiger partial charge in [-0.2, -0.15) is 0 Å². The van der Waals surface area contributed by atoms with Crippen LogP contribution in [-0.4, -0.2) is 34.3 Å². The minimum atomic E-state index is -1.87. The maximum Gasteiger partial charge on any atom is 0.337 e. The Balaban J connectivity index is 0.000000945. The zero-order valence-electron chi connectivity index (χ0n) is 37.7. The van der Waals surface area contributed by atoms with E-state index >= 15 is 0 Å². The van der Waals surface area contributed by atoms with Crippen LogP contribution in [0, 0.1) is 114 Å². The van der Waals surface area contributed by atoms with Gasteiger partial charge in [0.15, 0.2) is 0 Å². The first-order valence-electron chi connectivity index (χ1n) is 21.1. The Morgan fingerprint density at radius 1 is 0.721 bits per heavy atom. The molecular weight excluding hydrogens is 769 g/mol. The summed E-state index contributed by atoms with van der Waals surface area (Å²) in [4.78, 5) is 23.6. The summed E-state index contributed by atoms with van der Waals surface area (Å²) in [6, 6.07) is 15.7. The van der Waals surface area contributed by atoms with E-state index < -0.39 is 8.32 Å². The Morgan fingerprint density at radius 3 is 1.85 bits per heavy atom. The van der Waals surface area contributed by atoms with Crippen LogP contribution >= 0.6 is 0 Å². The minimum absolute atomic E-state index is 0. The number of methoxy groups -OCH3 is 2. The molecule has 322 valence electrons. The van der Waals surface area contributed by atoms with Crippen LogP contribution in [0.4, 0.5) is 0 Å². The van der Waals surface area contributed by atoms with Crippen LogP contribution in [0.1, 0.15) is 100 Å². The van der Waals surface area contributed by atoms with Crippen molar-refractivity contribution in [2.45, 2.75) is 98.2 Å². The van der Waals surface area contributed by atoms with Gasteiger partial charge in [-0.25, -0.2) is 4.79 Å². The third kappa shape index (κ3) is 12.5. The van der Waals surface area contributed by atoms with E-state index in [-0.39, 0.29) is 40.4 Å². The van der Waals surface area contributed by atoms with Gasteiger partial charge in [0.2, 0.25) is 8.32 Å². The normalized spacial score (nSPS) is 22.8. The van der Waals surface area contributed by atoms with Gasteiger partial charge < -0.3 is 13.9 Å². The van der Waals surface area contributed by atoms with Gasteiger partial charge in [0.25, 0.3) is 0 Å². The average Bonchev–Trinajstić information content (AvgIpc) is 3.22. The molecule has 4 aliphatic rings. The Kier molecular flexibility index (Phi) is 17.2. The number of rotatable bonds is 5. The predicted octanol–water partition coefficient (Wildman–Crippen LogP) is 12.0. The van der Waals surface area contributed by atoms with Crippen molar-refractivity contribution < 1.29 is 29.2 Å². The lowest BCUT2D eigenvalue weighted by molar-refractivity contribution is -0.129. The number of hydrogen-bond acceptors (Lipinski definition) is 5. The molecule has 2 fully saturated rings. The van der Waals surface area contributed by atoms with Crippen LogP contribution in [0.2, 0.25) is 18.1 Å². The molecule has 0 amide bonds. The van der Waals surface area contributed by atoms with Crippen molar-refractivity contribution in [1.82, 2.24) is 0 Å². The zero-order valence-corrected chi connectivity index (χ0v) is 38.7. The Hall–Kier alpha value is -6.02. The molecule has 5 nitrogen and oxygen atoms in total. The highest BCUT2D eigenvalue weighted by atomic mass is 28.4. The highest BCUT2D eigenvalue weighted by Crippen LogP contribution is 2.49. The smallest absolute Gasteiger partial charge is 0.337 e. The second-order valence-electron chi connectivity index (χ2n) is 17.5. The van der Waals surface area contributed by atoms with Crippen molar-refractivity contribution in [2.24, 2.45) is 35.5 Å². The van der Waals surface area contributed by atoms with Crippen molar-refractivity contribution in [3.05, 3.63) is 94.1 Å². The highest BCUT2D eigenvalue weighted by molar-refractivity contribution is 6.74. The molecule has 2 aromatic rings. The van der Waals surface area contributed by atoms with E-state index in [2.05, 4.69) is 143 Å². The maximum absolute atomic E-state index is 12.1. The summed E-state index contributed by atoms with van der Waals surface area (Å²) in [7, 11) is 1.30. The van der Waals surface area contributed by atoms with Crippen LogP contribution in [0.25, 0.3) is 5.76 Å². The van der Waals surface area contributed by atoms with Crippen LogP contribution < -0.4 is 4.43 Å². The molecule has 61 heavy (non-hydrogen) atoms. The van der Waals surface area contributed by atoms with E-state index in [1.807, 2.05) is 19.1 Å². The van der Waals surface area contributed by atoms with Crippen molar-refractivity contribution in [3.8, 4) is 77.8 Å². The molecule has 0 N–H and O–H groups in total. The molecule has 0 heterocycles. The number of ether oxygens (including phenoxy) is 2.